The molecule has 0 radical (unpaired) electrons. The number of hydrogen-bond donors (Lipinski definition) is 1. The third-order valence-corrected chi connectivity index (χ3v) is 3.95. The number of hydrogen-bond acceptors (Lipinski definition) is 2. The molecule has 17 heavy (non-hydrogen) atoms. The Labute approximate surface area is 108 Å². The van der Waals surface area contributed by atoms with E-state index in [2.05, 4.69) is 11.8 Å². The highest BCUT2D eigenvalue weighted by Crippen LogP contribution is 2.33. The van der Waals surface area contributed by atoms with Gasteiger partial charge in [0.2, 0.25) is 0 Å². The topological polar surface area (TPSA) is 23.5 Å². The van der Waals surface area contributed by atoms with E-state index < -0.39 is 5.60 Å². The molecule has 1 atom stereocenters. The highest BCUT2D eigenvalue weighted by atomic mass is 35.5. The molecule has 1 unspecified atom stereocenters. The summed E-state index contributed by atoms with van der Waals surface area (Å²) < 4.78 is 0. The van der Waals surface area contributed by atoms with Crippen molar-refractivity contribution in [2.24, 2.45) is 0 Å². The minimum absolute atomic E-state index is 0.700. The van der Waals surface area contributed by atoms with Crippen LogP contribution < -0.4 is 0 Å². The minimum Gasteiger partial charge on any atom is -0.385 e. The van der Waals surface area contributed by atoms with Crippen LogP contribution in [0.15, 0.2) is 24.3 Å². The fourth-order valence-corrected chi connectivity index (χ4v) is 2.75. The molecule has 0 bridgehead atoms. The Hall–Kier alpha value is -0.570. The smallest absolute Gasteiger partial charge is 0.0909 e. The van der Waals surface area contributed by atoms with Gasteiger partial charge in [-0.05, 0) is 50.0 Å². The van der Waals surface area contributed by atoms with Gasteiger partial charge in [-0.15, -0.1) is 0 Å². The SMILES string of the molecule is CCN1CCCC(O)(c2cccc(Cl)c2)CC1. The monoisotopic (exact) mass is 253 g/mol. The van der Waals surface area contributed by atoms with Crippen LogP contribution in [0.25, 0.3) is 0 Å². The van der Waals surface area contributed by atoms with E-state index in [1.165, 1.54) is 0 Å². The molecule has 2 nitrogen and oxygen atoms in total. The van der Waals surface area contributed by atoms with Gasteiger partial charge in [0.05, 0.1) is 5.60 Å². The van der Waals surface area contributed by atoms with E-state index in [-0.39, 0.29) is 0 Å². The molecular weight excluding hydrogens is 234 g/mol. The molecule has 1 aliphatic rings. The Balaban J connectivity index is 2.18. The van der Waals surface area contributed by atoms with Crippen LogP contribution >= 0.6 is 11.6 Å². The molecule has 0 saturated carbocycles. The van der Waals surface area contributed by atoms with Crippen LogP contribution in [-0.2, 0) is 5.60 Å². The van der Waals surface area contributed by atoms with E-state index in [9.17, 15) is 5.11 Å². The molecule has 1 aliphatic heterocycles. The normalized spacial score (nSPS) is 26.8. The molecule has 2 rings (SSSR count). The molecule has 1 N–H and O–H groups in total. The van der Waals surface area contributed by atoms with Gasteiger partial charge in [-0.2, -0.15) is 0 Å². The number of aliphatic hydroxyl groups is 1. The first-order valence-electron chi connectivity index (χ1n) is 6.35. The maximum Gasteiger partial charge on any atom is 0.0909 e. The van der Waals surface area contributed by atoms with Gasteiger partial charge >= 0.3 is 0 Å². The molecule has 3 heteroatoms. The van der Waals surface area contributed by atoms with Gasteiger partial charge < -0.3 is 10.0 Å². The largest absolute Gasteiger partial charge is 0.385 e. The number of rotatable bonds is 2. The van der Waals surface area contributed by atoms with Crippen molar-refractivity contribution in [3.05, 3.63) is 34.9 Å². The lowest BCUT2D eigenvalue weighted by atomic mass is 9.87. The zero-order valence-corrected chi connectivity index (χ0v) is 11.1. The van der Waals surface area contributed by atoms with E-state index >= 15 is 0 Å². The van der Waals surface area contributed by atoms with Gasteiger partial charge in [0.1, 0.15) is 0 Å². The van der Waals surface area contributed by atoms with Gasteiger partial charge in [0.15, 0.2) is 0 Å². The number of nitrogens with zero attached hydrogens (tertiary/aromatic N) is 1. The third kappa shape index (κ3) is 3.01. The molecule has 0 aromatic heterocycles. The highest BCUT2D eigenvalue weighted by Gasteiger charge is 2.31. The van der Waals surface area contributed by atoms with Crippen molar-refractivity contribution in [1.82, 2.24) is 4.90 Å². The van der Waals surface area contributed by atoms with Crippen LogP contribution in [0.3, 0.4) is 0 Å². The van der Waals surface area contributed by atoms with Crippen molar-refractivity contribution < 1.29 is 5.11 Å². The fourth-order valence-electron chi connectivity index (χ4n) is 2.56. The summed E-state index contributed by atoms with van der Waals surface area (Å²) in [6.45, 7) is 5.27. The lowest BCUT2D eigenvalue weighted by Crippen LogP contribution is -2.29. The highest BCUT2D eigenvalue weighted by molar-refractivity contribution is 6.30. The Morgan fingerprint density at radius 2 is 2.18 bits per heavy atom. The summed E-state index contributed by atoms with van der Waals surface area (Å²) in [5.74, 6) is 0. The number of halogens is 1. The van der Waals surface area contributed by atoms with Gasteiger partial charge in [0, 0.05) is 11.6 Å². The zero-order valence-electron chi connectivity index (χ0n) is 10.3. The molecule has 1 aromatic rings. The van der Waals surface area contributed by atoms with Gasteiger partial charge in [-0.3, -0.25) is 0 Å². The van der Waals surface area contributed by atoms with Crippen LogP contribution in [0.5, 0.6) is 0 Å². The van der Waals surface area contributed by atoms with Gasteiger partial charge in [-0.25, -0.2) is 0 Å². The Morgan fingerprint density at radius 3 is 2.88 bits per heavy atom. The molecule has 1 saturated heterocycles. The van der Waals surface area contributed by atoms with E-state index in [4.69, 9.17) is 11.6 Å². The lowest BCUT2D eigenvalue weighted by molar-refractivity contribution is 0.0214. The first-order chi connectivity index (χ1) is 8.14. The summed E-state index contributed by atoms with van der Waals surface area (Å²) in [7, 11) is 0. The Kier molecular flexibility index (Phi) is 4.08. The van der Waals surface area contributed by atoms with Gasteiger partial charge in [0.25, 0.3) is 0 Å². The molecule has 0 spiro atoms. The van der Waals surface area contributed by atoms with Crippen LogP contribution in [0.4, 0.5) is 0 Å². The summed E-state index contributed by atoms with van der Waals surface area (Å²) in [6, 6.07) is 7.64. The summed E-state index contributed by atoms with van der Waals surface area (Å²) in [4.78, 5) is 2.39. The summed E-state index contributed by atoms with van der Waals surface area (Å²) in [5, 5.41) is 11.5. The maximum atomic E-state index is 10.8. The van der Waals surface area contributed by atoms with Crippen LogP contribution in [0.2, 0.25) is 5.02 Å². The van der Waals surface area contributed by atoms with Gasteiger partial charge in [-0.1, -0.05) is 30.7 Å². The number of likely N-dealkylation sites (tertiary alicyclic amines) is 1. The molecule has 1 fully saturated rings. The van der Waals surface area contributed by atoms with Crippen LogP contribution in [0, 0.1) is 0 Å². The minimum atomic E-state index is -0.700. The van der Waals surface area contributed by atoms with E-state index in [1.807, 2.05) is 24.3 Å². The Bertz CT molecular complexity index is 382. The van der Waals surface area contributed by atoms with Crippen molar-refractivity contribution in [3.8, 4) is 0 Å². The average molecular weight is 254 g/mol. The van der Waals surface area contributed by atoms with Crippen LogP contribution in [0.1, 0.15) is 31.7 Å². The van der Waals surface area contributed by atoms with Crippen LogP contribution in [-0.4, -0.2) is 29.6 Å². The quantitative estimate of drug-likeness (QED) is 0.876. The van der Waals surface area contributed by atoms with Crippen molar-refractivity contribution in [2.75, 3.05) is 19.6 Å². The standard InChI is InChI=1S/C14H20ClNO/c1-2-16-9-4-7-14(17,8-10-16)12-5-3-6-13(15)11-12/h3,5-6,11,17H,2,4,7-10H2,1H3. The number of benzene rings is 1. The lowest BCUT2D eigenvalue weighted by Gasteiger charge is -2.27. The van der Waals surface area contributed by atoms with Crippen molar-refractivity contribution in [3.63, 3.8) is 0 Å². The Morgan fingerprint density at radius 1 is 1.35 bits per heavy atom. The zero-order chi connectivity index (χ0) is 12.3. The predicted octanol–water partition coefficient (Wildman–Crippen LogP) is 3.03. The second-order valence-electron chi connectivity index (χ2n) is 4.83. The maximum absolute atomic E-state index is 10.8. The first kappa shape index (κ1) is 12.9. The van der Waals surface area contributed by atoms with E-state index in [0.717, 1.165) is 44.5 Å². The summed E-state index contributed by atoms with van der Waals surface area (Å²) in [5.41, 5.74) is 0.261. The molecule has 1 heterocycles. The van der Waals surface area contributed by atoms with Crippen molar-refractivity contribution >= 4 is 11.6 Å². The summed E-state index contributed by atoms with van der Waals surface area (Å²) in [6.07, 6.45) is 2.65. The van der Waals surface area contributed by atoms with Crippen molar-refractivity contribution in [1.29, 1.82) is 0 Å². The molecular formula is C14H20ClNO. The van der Waals surface area contributed by atoms with Crippen molar-refractivity contribution in [2.45, 2.75) is 31.8 Å². The third-order valence-electron chi connectivity index (χ3n) is 3.72. The molecule has 0 aliphatic carbocycles. The second kappa shape index (κ2) is 5.38. The average Bonchev–Trinajstić information content (AvgIpc) is 2.52. The molecule has 1 aromatic carbocycles. The summed E-state index contributed by atoms with van der Waals surface area (Å²) >= 11 is 6.00. The first-order valence-corrected chi connectivity index (χ1v) is 6.72. The second-order valence-corrected chi connectivity index (χ2v) is 5.27. The van der Waals surface area contributed by atoms with E-state index in [0.29, 0.717) is 5.02 Å². The van der Waals surface area contributed by atoms with E-state index in [1.54, 1.807) is 0 Å². The molecule has 94 valence electrons. The fraction of sp³-hybridized carbons (Fsp3) is 0.571. The predicted molar refractivity (Wildman–Crippen MR) is 71.3 cm³/mol. The molecule has 0 amide bonds.